The van der Waals surface area contributed by atoms with Crippen LogP contribution in [0.4, 0.5) is 33.6 Å². The van der Waals surface area contributed by atoms with E-state index in [0.29, 0.717) is 19.5 Å². The largest absolute Gasteiger partial charge is 0.489 e. The Bertz CT molecular complexity index is 1570. The standard InChI is InChI=1S/C28H30ClF5N6O2/c1-4-40-14(3)11-41-24-18-23(21(31)17(20(24)29)22-19(28(32,33)34)13(2)8-16(35)36-22)37-26(38-25(18)40)42-12-27-6-5-7-39(27)10-15(30)9-27/h8,14-15H,4-7,9-12H2,1-3H3,(H2,35,36)/t14-,15+,27-/m0/s1. The van der Waals surface area contributed by atoms with Crippen LogP contribution in [0.5, 0.6) is 11.8 Å². The highest BCUT2D eigenvalue weighted by molar-refractivity contribution is 6.36. The van der Waals surface area contributed by atoms with E-state index in [4.69, 9.17) is 26.8 Å². The summed E-state index contributed by atoms with van der Waals surface area (Å²) in [4.78, 5) is 16.8. The molecule has 0 radical (unpaired) electrons. The number of benzene rings is 1. The normalized spacial score (nSPS) is 24.2. The van der Waals surface area contributed by atoms with Gasteiger partial charge in [-0.2, -0.15) is 23.1 Å². The molecule has 0 bridgehead atoms. The van der Waals surface area contributed by atoms with Gasteiger partial charge in [0.25, 0.3) is 0 Å². The minimum atomic E-state index is -4.89. The number of anilines is 2. The third-order valence-corrected chi connectivity index (χ3v) is 8.90. The molecule has 3 aromatic rings. The molecular formula is C28H30ClF5N6O2. The molecule has 2 N–H and O–H groups in total. The number of fused-ring (bicyclic) bond motifs is 1. The number of rotatable bonds is 5. The number of nitrogen functional groups attached to an aromatic ring is 1. The van der Waals surface area contributed by atoms with Gasteiger partial charge in [-0.3, -0.25) is 4.90 Å². The van der Waals surface area contributed by atoms with Crippen molar-refractivity contribution in [1.82, 2.24) is 19.9 Å². The summed E-state index contributed by atoms with van der Waals surface area (Å²) in [5, 5.41) is -0.286. The topological polar surface area (TPSA) is 89.6 Å². The number of halogens is 6. The van der Waals surface area contributed by atoms with Crippen molar-refractivity contribution in [2.75, 3.05) is 43.5 Å². The zero-order valence-corrected chi connectivity index (χ0v) is 24.0. The molecule has 2 saturated heterocycles. The first kappa shape index (κ1) is 28.9. The van der Waals surface area contributed by atoms with E-state index in [9.17, 15) is 17.6 Å². The Hall–Kier alpha value is -3.19. The van der Waals surface area contributed by atoms with Gasteiger partial charge in [-0.25, -0.2) is 13.8 Å². The van der Waals surface area contributed by atoms with Crippen LogP contribution < -0.4 is 20.1 Å². The van der Waals surface area contributed by atoms with E-state index in [1.165, 1.54) is 6.92 Å². The van der Waals surface area contributed by atoms with Crippen molar-refractivity contribution in [3.8, 4) is 23.0 Å². The Labute approximate surface area is 244 Å². The summed E-state index contributed by atoms with van der Waals surface area (Å²) in [7, 11) is 0. The smallest absolute Gasteiger partial charge is 0.418 e. The van der Waals surface area contributed by atoms with Gasteiger partial charge in [0.2, 0.25) is 0 Å². The Morgan fingerprint density at radius 1 is 1.26 bits per heavy atom. The van der Waals surface area contributed by atoms with E-state index in [1.807, 2.05) is 18.7 Å². The maximum absolute atomic E-state index is 16.6. The minimum Gasteiger partial charge on any atom is -0.489 e. The summed E-state index contributed by atoms with van der Waals surface area (Å²) < 4.78 is 85.8. The summed E-state index contributed by atoms with van der Waals surface area (Å²) in [5.74, 6) is -1.17. The first-order valence-electron chi connectivity index (χ1n) is 13.8. The lowest BCUT2D eigenvalue weighted by molar-refractivity contribution is -0.137. The summed E-state index contributed by atoms with van der Waals surface area (Å²) in [6, 6.07) is 0.619. The van der Waals surface area contributed by atoms with Crippen molar-refractivity contribution in [2.45, 2.75) is 64.0 Å². The Morgan fingerprint density at radius 3 is 2.74 bits per heavy atom. The number of aryl methyl sites for hydroxylation is 1. The van der Waals surface area contributed by atoms with Crippen LogP contribution in [-0.2, 0) is 6.18 Å². The zero-order valence-electron chi connectivity index (χ0n) is 23.3. The van der Waals surface area contributed by atoms with Gasteiger partial charge in [-0.05, 0) is 51.8 Å². The molecule has 42 heavy (non-hydrogen) atoms. The maximum Gasteiger partial charge on any atom is 0.418 e. The number of hydrogen-bond acceptors (Lipinski definition) is 8. The van der Waals surface area contributed by atoms with Gasteiger partial charge in [0, 0.05) is 19.5 Å². The van der Waals surface area contributed by atoms with E-state index in [-0.39, 0.29) is 59.1 Å². The van der Waals surface area contributed by atoms with Crippen molar-refractivity contribution in [3.63, 3.8) is 0 Å². The lowest BCUT2D eigenvalue weighted by Gasteiger charge is -2.31. The fourth-order valence-corrected chi connectivity index (χ4v) is 7.02. The molecule has 3 aliphatic rings. The number of ether oxygens (including phenoxy) is 2. The molecule has 0 spiro atoms. The van der Waals surface area contributed by atoms with E-state index in [1.54, 1.807) is 0 Å². The van der Waals surface area contributed by atoms with E-state index in [2.05, 4.69) is 19.9 Å². The molecule has 3 aliphatic heterocycles. The predicted molar refractivity (Wildman–Crippen MR) is 148 cm³/mol. The molecule has 0 aliphatic carbocycles. The van der Waals surface area contributed by atoms with Crippen LogP contribution in [0.25, 0.3) is 22.2 Å². The molecule has 0 saturated carbocycles. The molecule has 0 unspecified atom stereocenters. The second-order valence-electron chi connectivity index (χ2n) is 11.3. The third-order valence-electron chi connectivity index (χ3n) is 8.54. The van der Waals surface area contributed by atoms with Crippen LogP contribution in [0.2, 0.25) is 5.02 Å². The summed E-state index contributed by atoms with van der Waals surface area (Å²) >= 11 is 6.67. The molecule has 3 atom stereocenters. The number of nitrogens with two attached hydrogens (primary N) is 1. The van der Waals surface area contributed by atoms with Gasteiger partial charge in [0.05, 0.1) is 38.8 Å². The zero-order chi connectivity index (χ0) is 30.1. The van der Waals surface area contributed by atoms with Crippen LogP contribution in [0.1, 0.15) is 44.2 Å². The molecular weight excluding hydrogens is 583 g/mol. The number of hydrogen-bond donors (Lipinski definition) is 1. The van der Waals surface area contributed by atoms with Crippen molar-refractivity contribution in [1.29, 1.82) is 0 Å². The van der Waals surface area contributed by atoms with Gasteiger partial charge >= 0.3 is 12.2 Å². The highest BCUT2D eigenvalue weighted by Gasteiger charge is 2.49. The van der Waals surface area contributed by atoms with E-state index >= 15 is 4.39 Å². The monoisotopic (exact) mass is 612 g/mol. The molecule has 2 aromatic heterocycles. The van der Waals surface area contributed by atoms with Crippen LogP contribution in [0, 0.1) is 12.7 Å². The summed E-state index contributed by atoms with van der Waals surface area (Å²) in [6.45, 7) is 6.66. The molecule has 6 rings (SSSR count). The Kier molecular flexibility index (Phi) is 7.03. The fraction of sp³-hybridized carbons (Fsp3) is 0.536. The average molecular weight is 613 g/mol. The maximum atomic E-state index is 16.6. The minimum absolute atomic E-state index is 0.0564. The van der Waals surface area contributed by atoms with Gasteiger partial charge in [0.1, 0.15) is 36.5 Å². The molecule has 2 fully saturated rings. The molecule has 5 heterocycles. The highest BCUT2D eigenvalue weighted by Crippen LogP contribution is 2.50. The van der Waals surface area contributed by atoms with E-state index in [0.717, 1.165) is 25.5 Å². The van der Waals surface area contributed by atoms with Gasteiger partial charge in [0.15, 0.2) is 11.6 Å². The lowest BCUT2D eigenvalue weighted by Crippen LogP contribution is -2.43. The van der Waals surface area contributed by atoms with Crippen LogP contribution in [-0.4, -0.2) is 70.5 Å². The second-order valence-corrected chi connectivity index (χ2v) is 11.7. The van der Waals surface area contributed by atoms with Crippen molar-refractivity contribution in [2.24, 2.45) is 0 Å². The number of pyridine rings is 1. The quantitative estimate of drug-likeness (QED) is 0.353. The summed E-state index contributed by atoms with van der Waals surface area (Å²) in [6.07, 6.45) is -3.93. The number of alkyl halides is 4. The van der Waals surface area contributed by atoms with Crippen molar-refractivity contribution >= 4 is 34.1 Å². The highest BCUT2D eigenvalue weighted by atomic mass is 35.5. The SMILES string of the molecule is CCN1c2nc(OC[C@@]34CCCN3C[C@H](F)C4)nc3c(F)c(-c4nc(N)cc(C)c4C(F)(F)F)c(Cl)c(c23)OC[C@@H]1C. The summed E-state index contributed by atoms with van der Waals surface area (Å²) in [5.41, 5.74) is 2.16. The lowest BCUT2D eigenvalue weighted by atomic mass is 9.95. The number of aromatic nitrogens is 3. The van der Waals surface area contributed by atoms with Gasteiger partial charge in [-0.15, -0.1) is 0 Å². The van der Waals surface area contributed by atoms with Crippen LogP contribution in [0.15, 0.2) is 6.07 Å². The van der Waals surface area contributed by atoms with Crippen molar-refractivity contribution in [3.05, 3.63) is 28.0 Å². The number of likely N-dealkylation sites (N-methyl/N-ethyl adjacent to an activating group) is 1. The molecule has 8 nitrogen and oxygen atoms in total. The van der Waals surface area contributed by atoms with Crippen LogP contribution in [0.3, 0.4) is 0 Å². The van der Waals surface area contributed by atoms with Crippen LogP contribution >= 0.6 is 11.6 Å². The van der Waals surface area contributed by atoms with Crippen molar-refractivity contribution < 1.29 is 31.4 Å². The molecule has 1 aromatic carbocycles. The Balaban J connectivity index is 1.58. The predicted octanol–water partition coefficient (Wildman–Crippen LogP) is 5.96. The first-order valence-corrected chi connectivity index (χ1v) is 14.2. The van der Waals surface area contributed by atoms with Gasteiger partial charge in [-0.1, -0.05) is 11.6 Å². The molecule has 14 heteroatoms. The van der Waals surface area contributed by atoms with E-state index < -0.39 is 45.5 Å². The fourth-order valence-electron chi connectivity index (χ4n) is 6.70. The van der Waals surface area contributed by atoms with Gasteiger partial charge < -0.3 is 20.1 Å². The average Bonchev–Trinajstić information content (AvgIpc) is 3.37. The molecule has 0 amide bonds. The number of nitrogens with zero attached hydrogens (tertiary/aromatic N) is 5. The third kappa shape index (κ3) is 4.55. The molecule has 226 valence electrons. The second kappa shape index (κ2) is 10.2. The Morgan fingerprint density at radius 2 is 2.02 bits per heavy atom. The first-order chi connectivity index (χ1) is 19.8.